The zero-order valence-corrected chi connectivity index (χ0v) is 11.7. The number of carbonyl (C=O) groups excluding carboxylic acids is 1. The lowest BCUT2D eigenvalue weighted by molar-refractivity contribution is 0.0533. The molecule has 0 aliphatic carbocycles. The zero-order chi connectivity index (χ0) is 13.7. The first kappa shape index (κ1) is 15.9. The summed E-state index contributed by atoms with van der Waals surface area (Å²) in [6.07, 6.45) is 1.56. The quantitative estimate of drug-likeness (QED) is 0.818. The fourth-order valence-electron chi connectivity index (χ4n) is 0.983. The average molecular weight is 245 g/mol. The first-order valence-electron chi connectivity index (χ1n) is 5.91. The maximum Gasteiger partial charge on any atom is 0.407 e. The lowest BCUT2D eigenvalue weighted by Gasteiger charge is -2.21. The maximum absolute atomic E-state index is 13.6. The van der Waals surface area contributed by atoms with Gasteiger partial charge in [0.1, 0.15) is 11.4 Å². The van der Waals surface area contributed by atoms with E-state index in [1.807, 2.05) is 20.8 Å². The number of amides is 1. The average Bonchev–Trinajstić information content (AvgIpc) is 2.14. The molecule has 1 amide bonds. The summed E-state index contributed by atoms with van der Waals surface area (Å²) in [6.45, 7) is 11.1. The molecule has 0 bridgehead atoms. The SMILES string of the molecule is CCC(C)(C)/C(F)=C\CNC(=O)OC(C)(C)C. The molecule has 0 saturated heterocycles. The highest BCUT2D eigenvalue weighted by Crippen LogP contribution is 2.30. The van der Waals surface area contributed by atoms with Gasteiger partial charge in [-0.2, -0.15) is 0 Å². The van der Waals surface area contributed by atoms with Crippen LogP contribution in [0.2, 0.25) is 0 Å². The molecule has 0 aromatic rings. The molecule has 4 heteroatoms. The van der Waals surface area contributed by atoms with Crippen molar-refractivity contribution in [1.82, 2.24) is 5.32 Å². The fraction of sp³-hybridized carbons (Fsp3) is 0.769. The molecule has 0 heterocycles. The van der Waals surface area contributed by atoms with Crippen LogP contribution in [0, 0.1) is 5.41 Å². The summed E-state index contributed by atoms with van der Waals surface area (Å²) in [7, 11) is 0. The standard InChI is InChI=1S/C13H24FNO2/c1-7-13(5,6)10(14)8-9-15-11(16)17-12(2,3)4/h8H,7,9H2,1-6H3,(H,15,16)/b10-8+. The lowest BCUT2D eigenvalue weighted by Crippen LogP contribution is -2.32. The van der Waals surface area contributed by atoms with Crippen LogP contribution in [0.15, 0.2) is 11.9 Å². The van der Waals surface area contributed by atoms with E-state index in [2.05, 4.69) is 5.32 Å². The Hall–Kier alpha value is -1.06. The second kappa shape index (κ2) is 6.03. The Balaban J connectivity index is 4.15. The van der Waals surface area contributed by atoms with Crippen LogP contribution < -0.4 is 5.32 Å². The monoisotopic (exact) mass is 245 g/mol. The topological polar surface area (TPSA) is 38.3 Å². The van der Waals surface area contributed by atoms with Gasteiger partial charge in [-0.05, 0) is 33.3 Å². The van der Waals surface area contributed by atoms with E-state index in [0.29, 0.717) is 6.42 Å². The Morgan fingerprint density at radius 2 is 1.82 bits per heavy atom. The van der Waals surface area contributed by atoms with Crippen LogP contribution in [0.5, 0.6) is 0 Å². The van der Waals surface area contributed by atoms with Gasteiger partial charge in [-0.15, -0.1) is 0 Å². The van der Waals surface area contributed by atoms with Crippen molar-refractivity contribution in [1.29, 1.82) is 0 Å². The van der Waals surface area contributed by atoms with Crippen LogP contribution >= 0.6 is 0 Å². The van der Waals surface area contributed by atoms with E-state index in [1.54, 1.807) is 20.8 Å². The minimum absolute atomic E-state index is 0.143. The number of halogens is 1. The van der Waals surface area contributed by atoms with Crippen molar-refractivity contribution in [3.05, 3.63) is 11.9 Å². The fourth-order valence-corrected chi connectivity index (χ4v) is 0.983. The van der Waals surface area contributed by atoms with Gasteiger partial charge in [-0.3, -0.25) is 0 Å². The smallest absolute Gasteiger partial charge is 0.407 e. The largest absolute Gasteiger partial charge is 0.444 e. The second-order valence-electron chi connectivity index (χ2n) is 5.67. The molecular formula is C13H24FNO2. The first-order chi connectivity index (χ1) is 7.58. The summed E-state index contributed by atoms with van der Waals surface area (Å²) < 4.78 is 18.7. The van der Waals surface area contributed by atoms with Gasteiger partial charge in [-0.1, -0.05) is 20.8 Å². The van der Waals surface area contributed by atoms with Crippen molar-refractivity contribution in [3.8, 4) is 0 Å². The Bertz CT molecular complexity index is 290. The van der Waals surface area contributed by atoms with Crippen LogP contribution in [0.1, 0.15) is 48.0 Å². The van der Waals surface area contributed by atoms with E-state index in [1.165, 1.54) is 6.08 Å². The van der Waals surface area contributed by atoms with Gasteiger partial charge in [0.2, 0.25) is 0 Å². The number of ether oxygens (including phenoxy) is 1. The molecule has 0 aromatic carbocycles. The number of alkyl carbamates (subject to hydrolysis) is 1. The number of hydrogen-bond donors (Lipinski definition) is 1. The molecule has 0 spiro atoms. The number of hydrogen-bond acceptors (Lipinski definition) is 2. The van der Waals surface area contributed by atoms with Crippen molar-refractivity contribution < 1.29 is 13.9 Å². The van der Waals surface area contributed by atoms with Crippen LogP contribution in [-0.4, -0.2) is 18.2 Å². The molecule has 0 fully saturated rings. The number of rotatable bonds is 4. The Kier molecular flexibility index (Phi) is 5.66. The predicted octanol–water partition coefficient (Wildman–Crippen LogP) is 3.80. The molecule has 0 aliphatic rings. The summed E-state index contributed by atoms with van der Waals surface area (Å²) in [5.74, 6) is -0.212. The van der Waals surface area contributed by atoms with Crippen LogP contribution in [0.25, 0.3) is 0 Å². The molecule has 0 saturated carbocycles. The first-order valence-corrected chi connectivity index (χ1v) is 5.91. The molecule has 0 aliphatic heterocycles. The highest BCUT2D eigenvalue weighted by atomic mass is 19.1. The van der Waals surface area contributed by atoms with Gasteiger partial charge in [0.05, 0.1) is 0 Å². The Morgan fingerprint density at radius 1 is 1.29 bits per heavy atom. The normalized spacial score (nSPS) is 13.5. The van der Waals surface area contributed by atoms with Crippen molar-refractivity contribution in [2.24, 2.45) is 5.41 Å². The summed E-state index contributed by atoms with van der Waals surface area (Å²) in [5, 5.41) is 2.49. The molecule has 0 rings (SSSR count). The third-order valence-corrected chi connectivity index (χ3v) is 2.46. The number of nitrogens with one attached hydrogen (secondary N) is 1. The van der Waals surface area contributed by atoms with Gasteiger partial charge in [0.25, 0.3) is 0 Å². The molecule has 0 radical (unpaired) electrons. The van der Waals surface area contributed by atoms with E-state index in [9.17, 15) is 9.18 Å². The van der Waals surface area contributed by atoms with Gasteiger partial charge in [0, 0.05) is 12.0 Å². The van der Waals surface area contributed by atoms with E-state index in [4.69, 9.17) is 4.74 Å². The molecule has 0 unspecified atom stereocenters. The molecule has 0 aromatic heterocycles. The highest BCUT2D eigenvalue weighted by molar-refractivity contribution is 5.67. The van der Waals surface area contributed by atoms with E-state index in [-0.39, 0.29) is 12.4 Å². The van der Waals surface area contributed by atoms with Crippen LogP contribution in [0.3, 0.4) is 0 Å². The third kappa shape index (κ3) is 6.97. The van der Waals surface area contributed by atoms with E-state index in [0.717, 1.165) is 0 Å². The molecule has 1 N–H and O–H groups in total. The van der Waals surface area contributed by atoms with Crippen LogP contribution in [-0.2, 0) is 4.74 Å². The van der Waals surface area contributed by atoms with Gasteiger partial charge < -0.3 is 10.1 Å². The van der Waals surface area contributed by atoms with Gasteiger partial charge >= 0.3 is 6.09 Å². The summed E-state index contributed by atoms with van der Waals surface area (Å²) in [4.78, 5) is 11.3. The molecular weight excluding hydrogens is 221 g/mol. The van der Waals surface area contributed by atoms with E-state index < -0.39 is 17.1 Å². The van der Waals surface area contributed by atoms with Crippen molar-refractivity contribution >= 4 is 6.09 Å². The molecule has 17 heavy (non-hydrogen) atoms. The minimum Gasteiger partial charge on any atom is -0.444 e. The third-order valence-electron chi connectivity index (χ3n) is 2.46. The summed E-state index contributed by atoms with van der Waals surface area (Å²) >= 11 is 0. The summed E-state index contributed by atoms with van der Waals surface area (Å²) in [5.41, 5.74) is -1.01. The number of allylic oxidation sites excluding steroid dienone is 1. The highest BCUT2D eigenvalue weighted by Gasteiger charge is 2.21. The summed E-state index contributed by atoms with van der Waals surface area (Å²) in [6, 6.07) is 0. The predicted molar refractivity (Wildman–Crippen MR) is 67.5 cm³/mol. The van der Waals surface area contributed by atoms with Crippen molar-refractivity contribution in [2.75, 3.05) is 6.54 Å². The molecule has 0 atom stereocenters. The maximum atomic E-state index is 13.6. The zero-order valence-electron chi connectivity index (χ0n) is 11.7. The molecule has 3 nitrogen and oxygen atoms in total. The number of carbonyl (C=O) groups is 1. The van der Waals surface area contributed by atoms with Gasteiger partial charge in [-0.25, -0.2) is 9.18 Å². The second-order valence-corrected chi connectivity index (χ2v) is 5.67. The van der Waals surface area contributed by atoms with E-state index >= 15 is 0 Å². The van der Waals surface area contributed by atoms with Gasteiger partial charge in [0.15, 0.2) is 0 Å². The van der Waals surface area contributed by atoms with Crippen LogP contribution in [0.4, 0.5) is 9.18 Å². The Labute approximate surface area is 103 Å². The van der Waals surface area contributed by atoms with Crippen molar-refractivity contribution in [2.45, 2.75) is 53.6 Å². The molecule has 100 valence electrons. The van der Waals surface area contributed by atoms with Crippen molar-refractivity contribution in [3.63, 3.8) is 0 Å². The minimum atomic E-state index is -0.533. The lowest BCUT2D eigenvalue weighted by atomic mass is 9.88. The Morgan fingerprint density at radius 3 is 2.24 bits per heavy atom.